The minimum absolute atomic E-state index is 0.314. The Hall–Kier alpha value is -2.70. The number of nitrogens with zero attached hydrogens (tertiary/aromatic N) is 2. The Kier molecular flexibility index (Phi) is 7.11. The summed E-state index contributed by atoms with van der Waals surface area (Å²) in [6.45, 7) is 9.57. The molecule has 0 bridgehead atoms. The second kappa shape index (κ2) is 10.4. The van der Waals surface area contributed by atoms with E-state index in [1.165, 1.54) is 10.5 Å². The number of piperazine rings is 2. The fourth-order valence-corrected chi connectivity index (χ4v) is 4.37. The third kappa shape index (κ3) is 5.68. The maximum Gasteiger partial charge on any atom is 0.278 e. The number of benzene rings is 1. The normalized spacial score (nSPS) is 22.4. The van der Waals surface area contributed by atoms with E-state index in [9.17, 15) is 4.79 Å². The van der Waals surface area contributed by atoms with Gasteiger partial charge in [-0.05, 0) is 17.7 Å². The number of pyridine rings is 1. The van der Waals surface area contributed by atoms with E-state index in [1.807, 2.05) is 29.3 Å². The Morgan fingerprint density at radius 2 is 1.60 bits per heavy atom. The van der Waals surface area contributed by atoms with Crippen LogP contribution in [0.3, 0.4) is 0 Å². The van der Waals surface area contributed by atoms with Crippen LogP contribution in [0.15, 0.2) is 60.8 Å². The van der Waals surface area contributed by atoms with Gasteiger partial charge in [0.25, 0.3) is 11.7 Å². The molecule has 1 aromatic heterocycles. The number of amides is 1. The van der Waals surface area contributed by atoms with Crippen molar-refractivity contribution in [2.24, 2.45) is 0 Å². The molecule has 0 atom stereocenters. The van der Waals surface area contributed by atoms with Crippen LogP contribution in [0, 0.1) is 0 Å². The number of hydrogen-bond acceptors (Lipinski definition) is 2. The molecule has 2 aliphatic heterocycles. The zero-order valence-corrected chi connectivity index (χ0v) is 17.7. The minimum atomic E-state index is 0.314. The molecular weight excluding hydrogens is 374 g/mol. The molecule has 0 spiro atoms. The highest BCUT2D eigenvalue weighted by Gasteiger charge is 2.30. The molecule has 2 aliphatic rings. The van der Waals surface area contributed by atoms with Gasteiger partial charge in [-0.3, -0.25) is 9.69 Å². The second-order valence-electron chi connectivity index (χ2n) is 8.31. The SMILES string of the molecule is O=C(C[NH+]1CC[NH+](C/C=C/c2ccccc2)CC1)N1CCN(c2cccc[nH+]2)CC1. The molecule has 6 nitrogen and oxygen atoms in total. The maximum absolute atomic E-state index is 12.8. The van der Waals surface area contributed by atoms with Crippen LogP contribution >= 0.6 is 0 Å². The van der Waals surface area contributed by atoms with Crippen molar-refractivity contribution in [2.45, 2.75) is 0 Å². The number of anilines is 1. The number of aromatic nitrogens is 1. The number of H-pyrrole nitrogens is 1. The molecule has 6 heteroatoms. The predicted octanol–water partition coefficient (Wildman–Crippen LogP) is -1.35. The third-order valence-electron chi connectivity index (χ3n) is 6.25. The van der Waals surface area contributed by atoms with Crippen molar-refractivity contribution in [1.29, 1.82) is 0 Å². The van der Waals surface area contributed by atoms with Crippen molar-refractivity contribution in [1.82, 2.24) is 4.90 Å². The van der Waals surface area contributed by atoms with E-state index in [4.69, 9.17) is 0 Å². The Morgan fingerprint density at radius 1 is 0.900 bits per heavy atom. The van der Waals surface area contributed by atoms with Gasteiger partial charge < -0.3 is 14.7 Å². The van der Waals surface area contributed by atoms with Gasteiger partial charge in [0, 0.05) is 6.07 Å². The highest BCUT2D eigenvalue weighted by Crippen LogP contribution is 2.09. The first-order valence-corrected chi connectivity index (χ1v) is 11.2. The van der Waals surface area contributed by atoms with Crippen molar-refractivity contribution in [3.05, 3.63) is 66.4 Å². The number of rotatable bonds is 6. The summed E-state index contributed by atoms with van der Waals surface area (Å²) in [7, 11) is 0. The lowest BCUT2D eigenvalue weighted by Crippen LogP contribution is -3.28. The lowest BCUT2D eigenvalue weighted by atomic mass is 10.2. The van der Waals surface area contributed by atoms with Crippen LogP contribution < -0.4 is 19.7 Å². The first-order chi connectivity index (χ1) is 14.8. The lowest BCUT2D eigenvalue weighted by Gasteiger charge is -2.33. The van der Waals surface area contributed by atoms with Crippen LogP contribution in [-0.4, -0.2) is 76.3 Å². The quantitative estimate of drug-likeness (QED) is 0.621. The van der Waals surface area contributed by atoms with Gasteiger partial charge in [0.05, 0.1) is 25.8 Å². The molecule has 0 radical (unpaired) electrons. The summed E-state index contributed by atoms with van der Waals surface area (Å²) in [5.74, 6) is 1.45. The number of aromatic amines is 1. The van der Waals surface area contributed by atoms with Crippen LogP contribution in [0.2, 0.25) is 0 Å². The Morgan fingerprint density at radius 3 is 2.30 bits per heavy atom. The van der Waals surface area contributed by atoms with E-state index in [1.54, 1.807) is 4.90 Å². The highest BCUT2D eigenvalue weighted by atomic mass is 16.2. The number of carbonyl (C=O) groups excluding carboxylic acids is 1. The minimum Gasteiger partial charge on any atom is -0.330 e. The van der Waals surface area contributed by atoms with Crippen molar-refractivity contribution in [3.8, 4) is 0 Å². The fraction of sp³-hybridized carbons (Fsp3) is 0.417. The third-order valence-corrected chi connectivity index (χ3v) is 6.25. The first-order valence-electron chi connectivity index (χ1n) is 11.2. The van der Waals surface area contributed by atoms with Gasteiger partial charge in [-0.1, -0.05) is 42.5 Å². The summed E-state index contributed by atoms with van der Waals surface area (Å²) in [6.07, 6.45) is 6.45. The standard InChI is InChI=1S/C24H31N5O/c30-24(29-19-17-28(18-20-29)23-10-4-5-11-25-23)21-27-15-13-26(14-16-27)12-6-9-22-7-2-1-3-8-22/h1-11H,12-21H2/p+3/b9-6+. The zero-order chi connectivity index (χ0) is 20.6. The smallest absolute Gasteiger partial charge is 0.278 e. The molecule has 2 aromatic rings. The summed E-state index contributed by atoms with van der Waals surface area (Å²) in [5.41, 5.74) is 1.26. The molecule has 3 heterocycles. The largest absolute Gasteiger partial charge is 0.330 e. The summed E-state index contributed by atoms with van der Waals surface area (Å²) in [5, 5.41) is 0. The van der Waals surface area contributed by atoms with Gasteiger partial charge in [0.2, 0.25) is 0 Å². The van der Waals surface area contributed by atoms with Gasteiger partial charge in [-0.15, -0.1) is 0 Å². The van der Waals surface area contributed by atoms with Crippen LogP contribution in [-0.2, 0) is 4.79 Å². The average molecular weight is 409 g/mol. The van der Waals surface area contributed by atoms with Crippen molar-refractivity contribution in [2.75, 3.05) is 70.3 Å². The van der Waals surface area contributed by atoms with E-state index in [-0.39, 0.29) is 0 Å². The van der Waals surface area contributed by atoms with Crippen molar-refractivity contribution >= 4 is 17.8 Å². The average Bonchev–Trinajstić information content (AvgIpc) is 2.81. The molecule has 4 rings (SSSR count). The van der Waals surface area contributed by atoms with Crippen molar-refractivity contribution < 1.29 is 19.6 Å². The number of nitrogens with one attached hydrogen (secondary N) is 3. The maximum atomic E-state index is 12.8. The summed E-state index contributed by atoms with van der Waals surface area (Å²) >= 11 is 0. The Bertz CT molecular complexity index is 810. The van der Waals surface area contributed by atoms with Gasteiger partial charge in [0.1, 0.15) is 39.3 Å². The van der Waals surface area contributed by atoms with Gasteiger partial charge in [-0.25, -0.2) is 4.98 Å². The molecule has 0 aliphatic carbocycles. The summed E-state index contributed by atoms with van der Waals surface area (Å²) < 4.78 is 0. The summed E-state index contributed by atoms with van der Waals surface area (Å²) in [6, 6.07) is 16.6. The summed E-state index contributed by atoms with van der Waals surface area (Å²) in [4.78, 5) is 23.5. The lowest BCUT2D eigenvalue weighted by molar-refractivity contribution is -1.01. The molecule has 2 saturated heterocycles. The van der Waals surface area contributed by atoms with E-state index in [0.29, 0.717) is 12.5 Å². The van der Waals surface area contributed by atoms with Gasteiger partial charge >= 0.3 is 0 Å². The van der Waals surface area contributed by atoms with Crippen molar-refractivity contribution in [3.63, 3.8) is 0 Å². The molecular formula is C24H34N5O+3. The highest BCUT2D eigenvalue weighted by molar-refractivity contribution is 5.77. The zero-order valence-electron chi connectivity index (χ0n) is 17.7. The topological polar surface area (TPSA) is 46.6 Å². The van der Waals surface area contributed by atoms with E-state index in [0.717, 1.165) is 64.7 Å². The molecule has 1 amide bonds. The molecule has 3 N–H and O–H groups in total. The molecule has 1 aromatic carbocycles. The number of quaternary nitrogens is 2. The van der Waals surface area contributed by atoms with E-state index in [2.05, 4.69) is 52.4 Å². The predicted molar refractivity (Wildman–Crippen MR) is 118 cm³/mol. The van der Waals surface area contributed by atoms with Gasteiger partial charge in [0.15, 0.2) is 6.54 Å². The first kappa shape index (κ1) is 20.6. The van der Waals surface area contributed by atoms with Crippen LogP contribution in [0.1, 0.15) is 5.56 Å². The van der Waals surface area contributed by atoms with Crippen LogP contribution in [0.4, 0.5) is 5.82 Å². The fourth-order valence-electron chi connectivity index (χ4n) is 4.37. The second-order valence-corrected chi connectivity index (χ2v) is 8.31. The van der Waals surface area contributed by atoms with E-state index >= 15 is 0 Å². The Balaban J connectivity index is 1.16. The molecule has 158 valence electrons. The monoisotopic (exact) mass is 408 g/mol. The van der Waals surface area contributed by atoms with Gasteiger partial charge in [-0.2, -0.15) is 0 Å². The molecule has 2 fully saturated rings. The molecule has 0 unspecified atom stereocenters. The number of carbonyl (C=O) groups is 1. The number of hydrogen-bond donors (Lipinski definition) is 2. The molecule has 30 heavy (non-hydrogen) atoms. The van der Waals surface area contributed by atoms with Crippen LogP contribution in [0.25, 0.3) is 6.08 Å². The van der Waals surface area contributed by atoms with Crippen LogP contribution in [0.5, 0.6) is 0 Å². The molecule has 0 saturated carbocycles. The van der Waals surface area contributed by atoms with E-state index < -0.39 is 0 Å². The Labute approximate surface area is 179 Å².